The molecule has 0 aromatic heterocycles. The predicted molar refractivity (Wildman–Crippen MR) is 175 cm³/mol. The number of anilines is 1. The zero-order chi connectivity index (χ0) is 34.3. The Bertz CT molecular complexity index is 1150. The molecule has 0 bridgehead atoms. The highest BCUT2D eigenvalue weighted by Crippen LogP contribution is 2.25. The Morgan fingerprint density at radius 1 is 0.696 bits per heavy atom. The first kappa shape index (κ1) is 38.7. The number of hydrogen-bond donors (Lipinski definition) is 1. The van der Waals surface area contributed by atoms with E-state index in [2.05, 4.69) is 32.7 Å². The number of carbonyl (C=O) groups is 4. The van der Waals surface area contributed by atoms with E-state index in [0.29, 0.717) is 52.2 Å². The number of nitrogens with zero attached hydrogens (tertiary/aromatic N) is 4. The van der Waals surface area contributed by atoms with Crippen LogP contribution in [0.1, 0.15) is 26.3 Å². The van der Waals surface area contributed by atoms with E-state index in [1.807, 2.05) is 43.9 Å². The highest BCUT2D eigenvalue weighted by Gasteiger charge is 2.28. The van der Waals surface area contributed by atoms with Gasteiger partial charge >= 0.3 is 23.9 Å². The molecular formula is C33H53N5O8. The molecule has 1 aliphatic rings. The summed E-state index contributed by atoms with van der Waals surface area (Å²) >= 11 is 0. The summed E-state index contributed by atoms with van der Waals surface area (Å²) in [5.74, 6) is -1.53. The second-order valence-electron chi connectivity index (χ2n) is 12.5. The van der Waals surface area contributed by atoms with Gasteiger partial charge in [0, 0.05) is 68.7 Å². The molecule has 2 rings (SSSR count). The average Bonchev–Trinajstić information content (AvgIpc) is 3.02. The Morgan fingerprint density at radius 2 is 1.11 bits per heavy atom. The lowest BCUT2D eigenvalue weighted by Crippen LogP contribution is -2.53. The summed E-state index contributed by atoms with van der Waals surface area (Å²) in [7, 11) is 5.39. The molecule has 258 valence electrons. The van der Waals surface area contributed by atoms with E-state index in [9.17, 15) is 19.2 Å². The van der Waals surface area contributed by atoms with Crippen molar-refractivity contribution in [1.82, 2.24) is 19.6 Å². The van der Waals surface area contributed by atoms with Crippen molar-refractivity contribution in [2.24, 2.45) is 5.41 Å². The van der Waals surface area contributed by atoms with Crippen LogP contribution in [-0.2, 0) is 44.5 Å². The first-order valence-electron chi connectivity index (χ1n) is 15.5. The number of benzene rings is 1. The quantitative estimate of drug-likeness (QED) is 0.260. The van der Waals surface area contributed by atoms with E-state index < -0.39 is 0 Å². The van der Waals surface area contributed by atoms with Gasteiger partial charge in [-0.15, -0.1) is 0 Å². The summed E-state index contributed by atoms with van der Waals surface area (Å²) in [6.45, 7) is 13.8. The molecule has 1 aromatic carbocycles. The summed E-state index contributed by atoms with van der Waals surface area (Å²) in [6.07, 6.45) is 0.568. The van der Waals surface area contributed by atoms with Crippen LogP contribution in [0.3, 0.4) is 0 Å². The Hall–Kier alpha value is -3.52. The molecule has 1 N–H and O–H groups in total. The molecular weight excluding hydrogens is 594 g/mol. The molecule has 1 atom stereocenters. The third-order valence-corrected chi connectivity index (χ3v) is 8.08. The van der Waals surface area contributed by atoms with Gasteiger partial charge in [0.25, 0.3) is 0 Å². The van der Waals surface area contributed by atoms with E-state index >= 15 is 0 Å². The average molecular weight is 648 g/mol. The summed E-state index contributed by atoms with van der Waals surface area (Å²) < 4.78 is 19.9. The van der Waals surface area contributed by atoms with Crippen LogP contribution in [0.25, 0.3) is 0 Å². The van der Waals surface area contributed by atoms with Crippen LogP contribution >= 0.6 is 0 Å². The van der Waals surface area contributed by atoms with Gasteiger partial charge in [0.1, 0.15) is 0 Å². The van der Waals surface area contributed by atoms with Crippen LogP contribution in [0.5, 0.6) is 0 Å². The molecule has 1 aliphatic heterocycles. The van der Waals surface area contributed by atoms with Crippen LogP contribution in [-0.4, -0.2) is 150 Å². The van der Waals surface area contributed by atoms with Gasteiger partial charge in [-0.3, -0.25) is 38.8 Å². The van der Waals surface area contributed by atoms with Crippen LogP contribution in [0.2, 0.25) is 0 Å². The number of hydrogen-bond acceptors (Lipinski definition) is 13. The van der Waals surface area contributed by atoms with Crippen molar-refractivity contribution in [2.45, 2.75) is 33.2 Å². The molecule has 1 aromatic rings. The number of carbonyl (C=O) groups excluding carboxylic acids is 4. The van der Waals surface area contributed by atoms with E-state index in [1.54, 1.807) is 0 Å². The van der Waals surface area contributed by atoms with E-state index in [4.69, 9.17) is 18.9 Å². The standard InChI is InChI=1S/C33H53N5O8/c1-25(33(2,3)4)34-27-11-9-26(10-12-27)19-28-20-37(23-31(41)45-7)16-15-35(21-29(39)43-5)13-14-36(22-30(40)44-6)17-18-38(28)24-32(42)46-8/h9-12,28,34H,1,13-24H2,2-8H3. The van der Waals surface area contributed by atoms with Crippen molar-refractivity contribution >= 4 is 29.6 Å². The van der Waals surface area contributed by atoms with Gasteiger partial charge in [-0.2, -0.15) is 0 Å². The fourth-order valence-corrected chi connectivity index (χ4v) is 4.94. The Kier molecular flexibility index (Phi) is 16.1. The summed E-state index contributed by atoms with van der Waals surface area (Å²) in [4.78, 5) is 57.6. The van der Waals surface area contributed by atoms with Gasteiger partial charge in [-0.1, -0.05) is 39.5 Å². The maximum atomic E-state index is 12.7. The third kappa shape index (κ3) is 13.9. The van der Waals surface area contributed by atoms with Crippen molar-refractivity contribution in [3.05, 3.63) is 42.1 Å². The van der Waals surface area contributed by atoms with Crippen molar-refractivity contribution in [3.8, 4) is 0 Å². The highest BCUT2D eigenvalue weighted by molar-refractivity contribution is 5.72. The van der Waals surface area contributed by atoms with Gasteiger partial charge < -0.3 is 24.3 Å². The van der Waals surface area contributed by atoms with Crippen LogP contribution in [0.15, 0.2) is 36.5 Å². The van der Waals surface area contributed by atoms with Gasteiger partial charge in [0.2, 0.25) is 0 Å². The van der Waals surface area contributed by atoms with Crippen LogP contribution in [0.4, 0.5) is 5.69 Å². The zero-order valence-electron chi connectivity index (χ0n) is 28.6. The van der Waals surface area contributed by atoms with Gasteiger partial charge in [-0.05, 0) is 24.1 Å². The lowest BCUT2D eigenvalue weighted by atomic mass is 9.92. The topological polar surface area (TPSA) is 130 Å². The molecule has 1 fully saturated rings. The number of methoxy groups -OCH3 is 4. The molecule has 0 spiro atoms. The smallest absolute Gasteiger partial charge is 0.319 e. The lowest BCUT2D eigenvalue weighted by Gasteiger charge is -2.38. The molecule has 0 saturated carbocycles. The molecule has 0 aliphatic carbocycles. The second kappa shape index (κ2) is 19.2. The molecule has 1 heterocycles. The highest BCUT2D eigenvalue weighted by atomic mass is 16.5. The number of allylic oxidation sites excluding steroid dienone is 1. The van der Waals surface area contributed by atoms with Crippen molar-refractivity contribution in [1.29, 1.82) is 0 Å². The largest absolute Gasteiger partial charge is 0.468 e. The second-order valence-corrected chi connectivity index (χ2v) is 12.5. The molecule has 13 nitrogen and oxygen atoms in total. The number of ether oxygens (including phenoxy) is 4. The lowest BCUT2D eigenvalue weighted by molar-refractivity contribution is -0.145. The minimum atomic E-state index is -0.388. The summed E-state index contributed by atoms with van der Waals surface area (Å²) in [5.41, 5.74) is 2.76. The monoisotopic (exact) mass is 647 g/mol. The fraction of sp³-hybridized carbons (Fsp3) is 0.636. The fourth-order valence-electron chi connectivity index (χ4n) is 4.94. The molecule has 1 unspecified atom stereocenters. The number of nitrogens with one attached hydrogen (secondary N) is 1. The van der Waals surface area contributed by atoms with Gasteiger partial charge in [0.05, 0.1) is 54.6 Å². The molecule has 46 heavy (non-hydrogen) atoms. The van der Waals surface area contributed by atoms with Crippen molar-refractivity contribution < 1.29 is 38.1 Å². The number of rotatable bonds is 12. The van der Waals surface area contributed by atoms with E-state index in [-0.39, 0.29) is 61.5 Å². The Balaban J connectivity index is 2.46. The normalized spacial score (nSPS) is 18.0. The van der Waals surface area contributed by atoms with E-state index in [0.717, 1.165) is 16.9 Å². The summed E-state index contributed by atoms with van der Waals surface area (Å²) in [6, 6.07) is 7.86. The maximum Gasteiger partial charge on any atom is 0.319 e. The van der Waals surface area contributed by atoms with Crippen molar-refractivity contribution in [2.75, 3.05) is 106 Å². The first-order valence-corrected chi connectivity index (χ1v) is 15.5. The first-order chi connectivity index (χ1) is 21.8. The minimum Gasteiger partial charge on any atom is -0.468 e. The van der Waals surface area contributed by atoms with Gasteiger partial charge in [-0.25, -0.2) is 0 Å². The van der Waals surface area contributed by atoms with Crippen LogP contribution in [0, 0.1) is 5.41 Å². The Labute approximate surface area is 273 Å². The number of esters is 4. The SMILES string of the molecule is C=C(Nc1ccc(CC2CN(CC(=O)OC)CCN(CC(=O)OC)CCN(CC(=O)OC)CCN2CC(=O)OC)cc1)C(C)(C)C. The van der Waals surface area contributed by atoms with Crippen molar-refractivity contribution in [3.63, 3.8) is 0 Å². The predicted octanol–water partition coefficient (Wildman–Crippen LogP) is 1.48. The van der Waals surface area contributed by atoms with E-state index in [1.165, 1.54) is 28.4 Å². The van der Waals surface area contributed by atoms with Crippen LogP contribution < -0.4 is 5.32 Å². The summed E-state index contributed by atoms with van der Waals surface area (Å²) in [5, 5.41) is 3.38. The molecule has 1 saturated heterocycles. The molecule has 0 amide bonds. The Morgan fingerprint density at radius 3 is 1.57 bits per heavy atom. The maximum absolute atomic E-state index is 12.7. The molecule has 0 radical (unpaired) electrons. The molecule has 13 heteroatoms. The zero-order valence-corrected chi connectivity index (χ0v) is 28.6. The minimum absolute atomic E-state index is 0.0266. The third-order valence-electron chi connectivity index (χ3n) is 8.08. The van der Waals surface area contributed by atoms with Gasteiger partial charge in [0.15, 0.2) is 0 Å².